The molecule has 9 heavy (non-hydrogen) atoms. The molecule has 0 spiro atoms. The van der Waals surface area contributed by atoms with Crippen molar-refractivity contribution in [3.63, 3.8) is 0 Å². The van der Waals surface area contributed by atoms with Crippen LogP contribution in [-0.4, -0.2) is 0 Å². The number of rotatable bonds is 0. The molecule has 1 aromatic rings. The van der Waals surface area contributed by atoms with Gasteiger partial charge < -0.3 is 13.2 Å². The minimum atomic E-state index is 0. The normalized spacial score (nSPS) is 6.67. The van der Waals surface area contributed by atoms with Crippen molar-refractivity contribution in [1.29, 1.82) is 0 Å². The zero-order chi connectivity index (χ0) is 5.11. The molecule has 2 N–H and O–H groups in total. The Labute approximate surface area is 81.5 Å². The summed E-state index contributed by atoms with van der Waals surface area (Å²) in [6.07, 6.45) is 0. The molecular weight excluding hydrogens is 187 g/mol. The van der Waals surface area contributed by atoms with Crippen molar-refractivity contribution in [2.45, 2.75) is 0 Å². The van der Waals surface area contributed by atoms with Crippen molar-refractivity contribution < 1.29 is 32.7 Å². The molecule has 0 aliphatic carbocycles. The first-order valence-corrected chi connectivity index (χ1v) is 2.11. The number of nitrogens with two attached hydrogens (primary N) is 1. The monoisotopic (exact) mass is 196 g/mol. The van der Waals surface area contributed by atoms with Crippen LogP contribution in [0.1, 0.15) is 0 Å². The maximum atomic E-state index is 5.33. The zero-order valence-corrected chi connectivity index (χ0v) is 8.30. The van der Waals surface area contributed by atoms with Gasteiger partial charge in [0, 0.05) is 32.7 Å². The Kier molecular flexibility index (Phi) is 8.24. The maximum Gasteiger partial charge on any atom is 0 e. The quantitative estimate of drug-likeness (QED) is 0.494. The fourth-order valence-corrected chi connectivity index (χ4v) is 0.407. The molecule has 0 bridgehead atoms. The summed E-state index contributed by atoms with van der Waals surface area (Å²) in [5, 5.41) is 0. The van der Waals surface area contributed by atoms with E-state index in [1.54, 1.807) is 6.07 Å². The third-order valence-corrected chi connectivity index (χ3v) is 0.731. The molecule has 0 aliphatic heterocycles. The molecule has 0 saturated carbocycles. The molecular formula is C7H9NY-2. The van der Waals surface area contributed by atoms with Crippen LogP contribution >= 0.6 is 0 Å². The molecule has 0 unspecified atom stereocenters. The van der Waals surface area contributed by atoms with E-state index in [1.165, 1.54) is 0 Å². The van der Waals surface area contributed by atoms with Crippen LogP contribution < -0.4 is 5.73 Å². The molecule has 47 valence electrons. The predicted molar refractivity (Wildman–Crippen MR) is 36.1 cm³/mol. The second kappa shape index (κ2) is 6.25. The van der Waals surface area contributed by atoms with Gasteiger partial charge in [-0.2, -0.15) is 30.3 Å². The fraction of sp³-hybridized carbons (Fsp3) is 0. The Morgan fingerprint density at radius 3 is 2.33 bits per heavy atom. The molecule has 0 heterocycles. The topological polar surface area (TPSA) is 26.0 Å². The van der Waals surface area contributed by atoms with E-state index in [-0.39, 0.29) is 40.1 Å². The minimum Gasteiger partial charge on any atom is -0.449 e. The molecule has 1 nitrogen and oxygen atoms in total. The van der Waals surface area contributed by atoms with Crippen molar-refractivity contribution in [2.75, 3.05) is 5.73 Å². The van der Waals surface area contributed by atoms with Gasteiger partial charge in [0.25, 0.3) is 0 Å². The summed E-state index contributed by atoms with van der Waals surface area (Å²) >= 11 is 0. The summed E-state index contributed by atoms with van der Waals surface area (Å²) in [4.78, 5) is 0. The van der Waals surface area contributed by atoms with Gasteiger partial charge in [0.2, 0.25) is 0 Å². The van der Waals surface area contributed by atoms with Crippen LogP contribution in [0.3, 0.4) is 0 Å². The SMILES string of the molecule is Nc1c[c-]ccc1.[CH3-].[Y]. The molecule has 1 radical (unpaired) electrons. The smallest absolute Gasteiger partial charge is 0 e. The number of anilines is 1. The van der Waals surface area contributed by atoms with Crippen LogP contribution in [0.2, 0.25) is 0 Å². The molecule has 1 aromatic carbocycles. The van der Waals surface area contributed by atoms with Crippen LogP contribution in [0.25, 0.3) is 0 Å². The van der Waals surface area contributed by atoms with E-state index in [2.05, 4.69) is 6.07 Å². The van der Waals surface area contributed by atoms with Crippen molar-refractivity contribution >= 4 is 5.69 Å². The van der Waals surface area contributed by atoms with Gasteiger partial charge in [-0.05, 0) is 0 Å². The zero-order valence-electron chi connectivity index (χ0n) is 5.46. The van der Waals surface area contributed by atoms with Crippen molar-refractivity contribution in [1.82, 2.24) is 0 Å². The van der Waals surface area contributed by atoms with Crippen LogP contribution in [0.15, 0.2) is 24.3 Å². The largest absolute Gasteiger partial charge is 0.449 e. The summed E-state index contributed by atoms with van der Waals surface area (Å²) in [6.45, 7) is 0. The Morgan fingerprint density at radius 1 is 1.44 bits per heavy atom. The molecule has 2 heteroatoms. The average Bonchev–Trinajstić information content (AvgIpc) is 1.69. The van der Waals surface area contributed by atoms with E-state index in [0.29, 0.717) is 0 Å². The van der Waals surface area contributed by atoms with E-state index < -0.39 is 0 Å². The van der Waals surface area contributed by atoms with E-state index >= 15 is 0 Å². The molecule has 0 saturated heterocycles. The standard InChI is InChI=1S/C6H6N.CH3.Y/c7-6-4-2-1-3-5-6;;/h1-2,4-5H,7H2;1H3;/q2*-1;. The van der Waals surface area contributed by atoms with E-state index in [0.717, 1.165) is 5.69 Å². The summed E-state index contributed by atoms with van der Waals surface area (Å²) in [5.74, 6) is 0. The van der Waals surface area contributed by atoms with Crippen molar-refractivity contribution in [3.8, 4) is 0 Å². The Morgan fingerprint density at radius 2 is 2.11 bits per heavy atom. The Bertz CT molecular complexity index is 139. The first kappa shape index (κ1) is 11.9. The Hall–Kier alpha value is 0.124. The molecule has 1 rings (SSSR count). The third-order valence-electron chi connectivity index (χ3n) is 0.731. The molecule has 0 aromatic heterocycles. The molecule has 0 atom stereocenters. The number of hydrogen-bond acceptors (Lipinski definition) is 1. The van der Waals surface area contributed by atoms with Crippen LogP contribution in [0.4, 0.5) is 5.69 Å². The third kappa shape index (κ3) is 4.62. The van der Waals surface area contributed by atoms with Gasteiger partial charge in [-0.1, -0.05) is 5.69 Å². The average molecular weight is 196 g/mol. The number of nitrogen functional groups attached to an aromatic ring is 1. The predicted octanol–water partition coefficient (Wildman–Crippen LogP) is 1.52. The van der Waals surface area contributed by atoms with Gasteiger partial charge in [0.15, 0.2) is 0 Å². The van der Waals surface area contributed by atoms with Gasteiger partial charge in [-0.3, -0.25) is 0 Å². The number of hydrogen-bond donors (Lipinski definition) is 1. The minimum absolute atomic E-state index is 0. The first-order valence-electron chi connectivity index (χ1n) is 2.11. The van der Waals surface area contributed by atoms with Gasteiger partial charge in [0.1, 0.15) is 0 Å². The molecule has 0 fully saturated rings. The van der Waals surface area contributed by atoms with E-state index in [9.17, 15) is 0 Å². The number of benzene rings is 1. The van der Waals surface area contributed by atoms with Gasteiger partial charge in [-0.25, -0.2) is 0 Å². The van der Waals surface area contributed by atoms with Crippen LogP contribution in [0.5, 0.6) is 0 Å². The summed E-state index contributed by atoms with van der Waals surface area (Å²) in [7, 11) is 0. The van der Waals surface area contributed by atoms with Gasteiger partial charge >= 0.3 is 0 Å². The molecule has 0 amide bonds. The maximum absolute atomic E-state index is 5.33. The second-order valence-corrected chi connectivity index (χ2v) is 1.34. The first-order chi connectivity index (χ1) is 3.39. The van der Waals surface area contributed by atoms with Crippen LogP contribution in [0, 0.1) is 13.5 Å². The van der Waals surface area contributed by atoms with Crippen molar-refractivity contribution in [2.24, 2.45) is 0 Å². The molecule has 0 aliphatic rings. The van der Waals surface area contributed by atoms with Crippen LogP contribution in [-0.2, 0) is 32.7 Å². The van der Waals surface area contributed by atoms with E-state index in [4.69, 9.17) is 5.73 Å². The van der Waals surface area contributed by atoms with Gasteiger partial charge in [-0.15, -0.1) is 0 Å². The summed E-state index contributed by atoms with van der Waals surface area (Å²) in [5.41, 5.74) is 6.09. The second-order valence-electron chi connectivity index (χ2n) is 1.34. The van der Waals surface area contributed by atoms with Crippen molar-refractivity contribution in [3.05, 3.63) is 37.8 Å². The Balaban J connectivity index is 0. The summed E-state index contributed by atoms with van der Waals surface area (Å²) < 4.78 is 0. The summed E-state index contributed by atoms with van der Waals surface area (Å²) in [6, 6.07) is 10.1. The fourth-order valence-electron chi connectivity index (χ4n) is 0.407. The van der Waals surface area contributed by atoms with E-state index in [1.807, 2.05) is 18.2 Å². The van der Waals surface area contributed by atoms with Gasteiger partial charge in [0.05, 0.1) is 0 Å².